The van der Waals surface area contributed by atoms with Crippen molar-refractivity contribution in [3.05, 3.63) is 26.5 Å². The van der Waals surface area contributed by atoms with Crippen molar-refractivity contribution in [3.63, 3.8) is 0 Å². The smallest absolute Gasteiger partial charge is 0.134 e. The molecule has 2 aromatic rings. The molecule has 2 aromatic heterocycles. The van der Waals surface area contributed by atoms with Crippen molar-refractivity contribution in [3.8, 4) is 9.88 Å². The molecular weight excluding hydrogens is 306 g/mol. The standard InChI is InChI=1S/C11H10BrNOS2/c12-9-5-4-8(15-9)11-13-6-2-1-3-7(14)10(6)16-11/h4-5,7,14H,1-3H2. The van der Waals surface area contributed by atoms with Crippen LogP contribution in [0, 0.1) is 0 Å². The van der Waals surface area contributed by atoms with Crippen LogP contribution in [0.3, 0.4) is 0 Å². The predicted octanol–water partition coefficient (Wildman–Crippen LogP) is 4.00. The van der Waals surface area contributed by atoms with Gasteiger partial charge in [0, 0.05) is 0 Å². The topological polar surface area (TPSA) is 33.1 Å². The van der Waals surface area contributed by atoms with Gasteiger partial charge in [-0.25, -0.2) is 4.98 Å². The van der Waals surface area contributed by atoms with Crippen molar-refractivity contribution < 1.29 is 5.11 Å². The minimum atomic E-state index is -0.293. The minimum Gasteiger partial charge on any atom is -0.388 e. The maximum absolute atomic E-state index is 9.89. The fourth-order valence-electron chi connectivity index (χ4n) is 1.93. The molecule has 0 aromatic carbocycles. The van der Waals surface area contributed by atoms with E-state index in [9.17, 15) is 5.11 Å². The summed E-state index contributed by atoms with van der Waals surface area (Å²) in [5.41, 5.74) is 1.10. The summed E-state index contributed by atoms with van der Waals surface area (Å²) < 4.78 is 1.12. The molecule has 5 heteroatoms. The second-order valence-electron chi connectivity index (χ2n) is 3.84. The fraction of sp³-hybridized carbons (Fsp3) is 0.364. The third-order valence-electron chi connectivity index (χ3n) is 2.71. The zero-order chi connectivity index (χ0) is 11.1. The van der Waals surface area contributed by atoms with Crippen molar-refractivity contribution >= 4 is 38.6 Å². The number of aryl methyl sites for hydroxylation is 1. The number of thiazole rings is 1. The molecule has 1 aliphatic rings. The summed E-state index contributed by atoms with van der Waals surface area (Å²) in [6.45, 7) is 0. The van der Waals surface area contributed by atoms with E-state index < -0.39 is 0 Å². The molecule has 2 nitrogen and oxygen atoms in total. The largest absolute Gasteiger partial charge is 0.388 e. The number of rotatable bonds is 1. The van der Waals surface area contributed by atoms with Gasteiger partial charge in [0.2, 0.25) is 0 Å². The lowest BCUT2D eigenvalue weighted by Crippen LogP contribution is -2.06. The zero-order valence-electron chi connectivity index (χ0n) is 8.44. The monoisotopic (exact) mass is 315 g/mol. The Morgan fingerprint density at radius 1 is 1.38 bits per heavy atom. The van der Waals surface area contributed by atoms with E-state index in [4.69, 9.17) is 0 Å². The molecule has 2 heterocycles. The Bertz CT molecular complexity index is 520. The normalized spacial score (nSPS) is 19.8. The molecule has 0 bridgehead atoms. The van der Waals surface area contributed by atoms with E-state index >= 15 is 0 Å². The lowest BCUT2D eigenvalue weighted by molar-refractivity contribution is 0.160. The Balaban J connectivity index is 2.04. The van der Waals surface area contributed by atoms with E-state index in [2.05, 4.69) is 27.0 Å². The number of nitrogens with zero attached hydrogens (tertiary/aromatic N) is 1. The summed E-state index contributed by atoms with van der Waals surface area (Å²) in [6.07, 6.45) is 2.64. The highest BCUT2D eigenvalue weighted by Crippen LogP contribution is 2.40. The summed E-state index contributed by atoms with van der Waals surface area (Å²) in [6, 6.07) is 4.11. The number of halogens is 1. The van der Waals surface area contributed by atoms with Crippen LogP contribution in [0.2, 0.25) is 0 Å². The average molecular weight is 316 g/mol. The van der Waals surface area contributed by atoms with Gasteiger partial charge in [-0.15, -0.1) is 22.7 Å². The summed E-state index contributed by atoms with van der Waals surface area (Å²) in [4.78, 5) is 6.89. The van der Waals surface area contributed by atoms with Gasteiger partial charge in [-0.2, -0.15) is 0 Å². The lowest BCUT2D eigenvalue weighted by atomic mass is 10.0. The minimum absolute atomic E-state index is 0.293. The van der Waals surface area contributed by atoms with Gasteiger partial charge in [-0.3, -0.25) is 0 Å². The molecule has 0 saturated carbocycles. The Hall–Kier alpha value is -0.230. The van der Waals surface area contributed by atoms with E-state index in [-0.39, 0.29) is 6.10 Å². The molecule has 0 aliphatic heterocycles. The van der Waals surface area contributed by atoms with Crippen LogP contribution in [0.1, 0.15) is 29.5 Å². The second kappa shape index (κ2) is 4.22. The van der Waals surface area contributed by atoms with E-state index in [1.807, 2.05) is 6.07 Å². The van der Waals surface area contributed by atoms with E-state index in [1.165, 1.54) is 4.88 Å². The zero-order valence-corrected chi connectivity index (χ0v) is 11.7. The van der Waals surface area contributed by atoms with Gasteiger partial charge in [0.05, 0.1) is 25.3 Å². The molecule has 16 heavy (non-hydrogen) atoms. The van der Waals surface area contributed by atoms with Crippen molar-refractivity contribution in [2.24, 2.45) is 0 Å². The van der Waals surface area contributed by atoms with Gasteiger partial charge in [-0.05, 0) is 47.3 Å². The van der Waals surface area contributed by atoms with Crippen LogP contribution >= 0.6 is 38.6 Å². The summed E-state index contributed by atoms with van der Waals surface area (Å²) >= 11 is 6.79. The van der Waals surface area contributed by atoms with E-state index in [0.717, 1.165) is 38.6 Å². The second-order valence-corrected chi connectivity index (χ2v) is 7.34. The number of fused-ring (bicyclic) bond motifs is 1. The molecule has 3 rings (SSSR count). The van der Waals surface area contributed by atoms with Crippen LogP contribution in [0.4, 0.5) is 0 Å². The number of aliphatic hydroxyl groups excluding tert-OH is 1. The Labute approximate surface area is 110 Å². The van der Waals surface area contributed by atoms with Crippen molar-refractivity contribution in [2.75, 3.05) is 0 Å². The Kier molecular flexibility index (Phi) is 2.87. The van der Waals surface area contributed by atoms with E-state index in [1.54, 1.807) is 22.7 Å². The maximum atomic E-state index is 9.89. The average Bonchev–Trinajstić information content (AvgIpc) is 2.84. The van der Waals surface area contributed by atoms with Gasteiger partial charge >= 0.3 is 0 Å². The first-order valence-corrected chi connectivity index (χ1v) is 7.60. The highest BCUT2D eigenvalue weighted by molar-refractivity contribution is 9.11. The summed E-state index contributed by atoms with van der Waals surface area (Å²) in [5.74, 6) is 0. The van der Waals surface area contributed by atoms with Crippen LogP contribution < -0.4 is 0 Å². The van der Waals surface area contributed by atoms with Gasteiger partial charge in [0.25, 0.3) is 0 Å². The third-order valence-corrected chi connectivity index (χ3v) is 5.70. The first-order chi connectivity index (χ1) is 7.74. The molecular formula is C11H10BrNOS2. The highest BCUT2D eigenvalue weighted by atomic mass is 79.9. The van der Waals surface area contributed by atoms with E-state index in [0.29, 0.717) is 0 Å². The maximum Gasteiger partial charge on any atom is 0.134 e. The molecule has 0 radical (unpaired) electrons. The first kappa shape index (κ1) is 10.9. The molecule has 84 valence electrons. The molecule has 1 N–H and O–H groups in total. The Morgan fingerprint density at radius 3 is 2.94 bits per heavy atom. The number of aliphatic hydroxyl groups is 1. The molecule has 0 spiro atoms. The summed E-state index contributed by atoms with van der Waals surface area (Å²) in [5, 5.41) is 10.9. The fourth-order valence-corrected chi connectivity index (χ4v) is 4.50. The SMILES string of the molecule is OC1CCCc2nc(-c3ccc(Br)s3)sc21. The van der Waals surface area contributed by atoms with Crippen LogP contribution in [0.25, 0.3) is 9.88 Å². The van der Waals surface area contributed by atoms with Crippen molar-refractivity contribution in [1.82, 2.24) is 4.98 Å². The van der Waals surface area contributed by atoms with Crippen molar-refractivity contribution in [1.29, 1.82) is 0 Å². The molecule has 0 fully saturated rings. The van der Waals surface area contributed by atoms with Crippen LogP contribution in [0.15, 0.2) is 15.9 Å². The lowest BCUT2D eigenvalue weighted by Gasteiger charge is -2.14. The Morgan fingerprint density at radius 2 is 2.25 bits per heavy atom. The molecule has 0 amide bonds. The molecule has 0 saturated heterocycles. The predicted molar refractivity (Wildman–Crippen MR) is 71.0 cm³/mol. The molecule has 1 atom stereocenters. The molecule has 1 unspecified atom stereocenters. The van der Waals surface area contributed by atoms with Gasteiger partial charge in [0.15, 0.2) is 0 Å². The van der Waals surface area contributed by atoms with Gasteiger partial charge in [-0.1, -0.05) is 0 Å². The number of aromatic nitrogens is 1. The van der Waals surface area contributed by atoms with Crippen LogP contribution in [-0.2, 0) is 6.42 Å². The number of hydrogen-bond acceptors (Lipinski definition) is 4. The quantitative estimate of drug-likeness (QED) is 0.862. The molecule has 1 aliphatic carbocycles. The third kappa shape index (κ3) is 1.86. The summed E-state index contributed by atoms with van der Waals surface area (Å²) in [7, 11) is 0. The van der Waals surface area contributed by atoms with Crippen molar-refractivity contribution in [2.45, 2.75) is 25.4 Å². The van der Waals surface area contributed by atoms with Gasteiger partial charge < -0.3 is 5.11 Å². The highest BCUT2D eigenvalue weighted by Gasteiger charge is 2.23. The number of thiophene rings is 1. The van der Waals surface area contributed by atoms with Crippen LogP contribution in [0.5, 0.6) is 0 Å². The first-order valence-electron chi connectivity index (χ1n) is 5.17. The van der Waals surface area contributed by atoms with Crippen LogP contribution in [-0.4, -0.2) is 10.1 Å². The number of hydrogen-bond donors (Lipinski definition) is 1. The van der Waals surface area contributed by atoms with Gasteiger partial charge in [0.1, 0.15) is 5.01 Å².